The first-order chi connectivity index (χ1) is 23.8. The van der Waals surface area contributed by atoms with Crippen molar-refractivity contribution in [3.63, 3.8) is 0 Å². The summed E-state index contributed by atoms with van der Waals surface area (Å²) >= 11 is 0. The van der Waals surface area contributed by atoms with Gasteiger partial charge in [-0.15, -0.1) is 0 Å². The maximum atomic E-state index is 12.5. The summed E-state index contributed by atoms with van der Waals surface area (Å²) in [5.41, 5.74) is 5.33. The number of ether oxygens (including phenoxy) is 2. The van der Waals surface area contributed by atoms with Gasteiger partial charge in [-0.2, -0.15) is 0 Å². The van der Waals surface area contributed by atoms with Gasteiger partial charge >= 0.3 is 19.8 Å². The standard InChI is InChI=1S/C39H76NO8P/c1-3-5-7-9-11-13-15-17-18-20-22-24-26-28-30-32-39(42)48-37(36-47-49(43,44)46-34-33-40)35-45-38(41)31-29-27-25-23-21-19-16-14-12-10-8-6-4-2/h13,15,37H,3-12,14,16-36,40H2,1-2H3,(H,43,44). The van der Waals surface area contributed by atoms with Crippen molar-refractivity contribution in [3.05, 3.63) is 12.2 Å². The zero-order valence-electron chi connectivity index (χ0n) is 31.7. The van der Waals surface area contributed by atoms with E-state index in [1.165, 1.54) is 116 Å². The van der Waals surface area contributed by atoms with E-state index in [2.05, 4.69) is 26.0 Å². The van der Waals surface area contributed by atoms with E-state index in [1.807, 2.05) is 0 Å². The first-order valence-electron chi connectivity index (χ1n) is 20.2. The molecule has 0 saturated carbocycles. The molecule has 0 bridgehead atoms. The molecule has 2 unspecified atom stereocenters. The maximum Gasteiger partial charge on any atom is 0.472 e. The molecule has 0 heterocycles. The fourth-order valence-corrected chi connectivity index (χ4v) is 6.39. The molecule has 9 nitrogen and oxygen atoms in total. The molecule has 0 fully saturated rings. The zero-order valence-corrected chi connectivity index (χ0v) is 32.6. The molecule has 49 heavy (non-hydrogen) atoms. The lowest BCUT2D eigenvalue weighted by Gasteiger charge is -2.19. The van der Waals surface area contributed by atoms with Gasteiger partial charge in [-0.25, -0.2) is 4.57 Å². The molecule has 0 rings (SSSR count). The zero-order chi connectivity index (χ0) is 36.1. The maximum absolute atomic E-state index is 12.5. The van der Waals surface area contributed by atoms with Gasteiger partial charge in [0, 0.05) is 19.4 Å². The lowest BCUT2D eigenvalue weighted by molar-refractivity contribution is -0.161. The number of phosphoric acid groups is 1. The predicted octanol–water partition coefficient (Wildman–Crippen LogP) is 11.1. The van der Waals surface area contributed by atoms with Crippen molar-refractivity contribution in [3.8, 4) is 0 Å². The molecule has 0 aliphatic rings. The van der Waals surface area contributed by atoms with E-state index in [0.717, 1.165) is 44.9 Å². The highest BCUT2D eigenvalue weighted by Crippen LogP contribution is 2.43. The van der Waals surface area contributed by atoms with Gasteiger partial charge in [0.05, 0.1) is 13.2 Å². The van der Waals surface area contributed by atoms with Crippen LogP contribution in [-0.2, 0) is 32.7 Å². The monoisotopic (exact) mass is 718 g/mol. The number of hydrogen-bond donors (Lipinski definition) is 2. The average molecular weight is 718 g/mol. The van der Waals surface area contributed by atoms with Crippen LogP contribution in [0.2, 0.25) is 0 Å². The van der Waals surface area contributed by atoms with Crippen LogP contribution in [0.25, 0.3) is 0 Å². The molecule has 0 spiro atoms. The second-order valence-electron chi connectivity index (χ2n) is 13.5. The summed E-state index contributed by atoms with van der Waals surface area (Å²) in [7, 11) is -4.37. The van der Waals surface area contributed by atoms with E-state index >= 15 is 0 Å². The number of hydrogen-bond acceptors (Lipinski definition) is 8. The van der Waals surface area contributed by atoms with Crippen LogP contribution < -0.4 is 5.73 Å². The Balaban J connectivity index is 4.18. The van der Waals surface area contributed by atoms with E-state index < -0.39 is 26.5 Å². The van der Waals surface area contributed by atoms with E-state index in [1.54, 1.807) is 0 Å². The molecule has 0 amide bonds. The van der Waals surface area contributed by atoms with Crippen LogP contribution in [-0.4, -0.2) is 49.3 Å². The minimum absolute atomic E-state index is 0.0553. The van der Waals surface area contributed by atoms with Crippen LogP contribution in [0.5, 0.6) is 0 Å². The molecule has 3 N–H and O–H groups in total. The molecule has 0 aliphatic carbocycles. The lowest BCUT2D eigenvalue weighted by Crippen LogP contribution is -2.29. The molecule has 0 aromatic rings. The van der Waals surface area contributed by atoms with Crippen LogP contribution in [0, 0.1) is 0 Å². The highest BCUT2D eigenvalue weighted by atomic mass is 31.2. The minimum atomic E-state index is -4.37. The Kier molecular flexibility index (Phi) is 35.6. The SMILES string of the molecule is CCCCCCC=CCCCCCCCCCC(=O)OC(COC(=O)CCCCCCCCCCCCCCC)COP(=O)(O)OCCN. The first kappa shape index (κ1) is 47.8. The van der Waals surface area contributed by atoms with Crippen LogP contribution in [0.1, 0.15) is 194 Å². The number of unbranched alkanes of at least 4 members (excludes halogenated alkanes) is 23. The summed E-state index contributed by atoms with van der Waals surface area (Å²) < 4.78 is 32.7. The van der Waals surface area contributed by atoms with Crippen molar-refractivity contribution in [2.75, 3.05) is 26.4 Å². The van der Waals surface area contributed by atoms with Crippen molar-refractivity contribution in [2.45, 2.75) is 200 Å². The third kappa shape index (κ3) is 36.3. The van der Waals surface area contributed by atoms with E-state index in [9.17, 15) is 19.0 Å². The van der Waals surface area contributed by atoms with Crippen LogP contribution >= 0.6 is 7.82 Å². The van der Waals surface area contributed by atoms with Gasteiger partial charge in [0.2, 0.25) is 0 Å². The topological polar surface area (TPSA) is 134 Å². The largest absolute Gasteiger partial charge is 0.472 e. The summed E-state index contributed by atoms with van der Waals surface area (Å²) in [4.78, 5) is 34.7. The Labute approximate surface area is 300 Å². The van der Waals surface area contributed by atoms with Crippen molar-refractivity contribution in [1.29, 1.82) is 0 Å². The number of nitrogens with two attached hydrogens (primary N) is 1. The average Bonchev–Trinajstić information content (AvgIpc) is 3.08. The van der Waals surface area contributed by atoms with E-state index in [4.69, 9.17) is 24.3 Å². The van der Waals surface area contributed by atoms with Crippen molar-refractivity contribution in [2.24, 2.45) is 5.73 Å². The van der Waals surface area contributed by atoms with Gasteiger partial charge in [0.25, 0.3) is 0 Å². The van der Waals surface area contributed by atoms with Gasteiger partial charge in [-0.3, -0.25) is 18.6 Å². The predicted molar refractivity (Wildman–Crippen MR) is 201 cm³/mol. The summed E-state index contributed by atoms with van der Waals surface area (Å²) in [6.07, 6.45) is 35.2. The molecule has 290 valence electrons. The fourth-order valence-electron chi connectivity index (χ4n) is 5.63. The summed E-state index contributed by atoms with van der Waals surface area (Å²) in [6, 6.07) is 0. The summed E-state index contributed by atoms with van der Waals surface area (Å²) in [5, 5.41) is 0. The highest BCUT2D eigenvalue weighted by molar-refractivity contribution is 7.47. The van der Waals surface area contributed by atoms with E-state index in [0.29, 0.717) is 6.42 Å². The van der Waals surface area contributed by atoms with Gasteiger partial charge in [0.1, 0.15) is 6.61 Å². The van der Waals surface area contributed by atoms with Crippen molar-refractivity contribution >= 4 is 19.8 Å². The van der Waals surface area contributed by atoms with Crippen molar-refractivity contribution < 1.29 is 37.6 Å². The Morgan fingerprint density at radius 3 is 1.47 bits per heavy atom. The lowest BCUT2D eigenvalue weighted by atomic mass is 10.0. The molecule has 0 aliphatic heterocycles. The van der Waals surface area contributed by atoms with Gasteiger partial charge in [-0.1, -0.05) is 154 Å². The Bertz CT molecular complexity index is 825. The third-order valence-electron chi connectivity index (χ3n) is 8.65. The van der Waals surface area contributed by atoms with Crippen LogP contribution in [0.15, 0.2) is 12.2 Å². The number of rotatable bonds is 38. The number of carbonyl (C=O) groups is 2. The second-order valence-corrected chi connectivity index (χ2v) is 15.0. The Morgan fingerprint density at radius 1 is 0.592 bits per heavy atom. The number of allylic oxidation sites excluding steroid dienone is 2. The third-order valence-corrected chi connectivity index (χ3v) is 9.64. The van der Waals surface area contributed by atoms with Crippen LogP contribution in [0.4, 0.5) is 0 Å². The van der Waals surface area contributed by atoms with E-state index in [-0.39, 0.29) is 38.6 Å². The quantitative estimate of drug-likeness (QED) is 0.0277. The molecule has 0 aromatic heterocycles. The fraction of sp³-hybridized carbons (Fsp3) is 0.897. The first-order valence-corrected chi connectivity index (χ1v) is 21.7. The number of esters is 2. The molecule has 2 atom stereocenters. The molecule has 0 radical (unpaired) electrons. The normalized spacial score (nSPS) is 13.5. The molecule has 10 heteroatoms. The Hall–Kier alpha value is -1.25. The van der Waals surface area contributed by atoms with Gasteiger partial charge < -0.3 is 20.1 Å². The summed E-state index contributed by atoms with van der Waals surface area (Å²) in [5.74, 6) is -0.826. The van der Waals surface area contributed by atoms with Crippen molar-refractivity contribution in [1.82, 2.24) is 0 Å². The number of carbonyl (C=O) groups excluding carboxylic acids is 2. The molecular formula is C39H76NO8P. The highest BCUT2D eigenvalue weighted by Gasteiger charge is 2.26. The second kappa shape index (κ2) is 36.5. The Morgan fingerprint density at radius 2 is 1.00 bits per heavy atom. The van der Waals surface area contributed by atoms with Gasteiger partial charge in [0.15, 0.2) is 6.10 Å². The summed E-state index contributed by atoms with van der Waals surface area (Å²) in [6.45, 7) is 3.72. The number of phosphoric ester groups is 1. The van der Waals surface area contributed by atoms with Gasteiger partial charge in [-0.05, 0) is 38.5 Å². The molecule has 0 aromatic carbocycles. The smallest absolute Gasteiger partial charge is 0.462 e. The minimum Gasteiger partial charge on any atom is -0.462 e. The van der Waals surface area contributed by atoms with Crippen LogP contribution in [0.3, 0.4) is 0 Å². The molecule has 0 saturated heterocycles. The molecular weight excluding hydrogens is 641 g/mol.